The summed E-state index contributed by atoms with van der Waals surface area (Å²) in [7, 11) is 1.93. The molecule has 160 valence electrons. The van der Waals surface area contributed by atoms with E-state index in [-0.39, 0.29) is 18.2 Å². The molecule has 4 aromatic rings. The van der Waals surface area contributed by atoms with Gasteiger partial charge in [-0.15, -0.1) is 0 Å². The van der Waals surface area contributed by atoms with Crippen LogP contribution in [-0.4, -0.2) is 55.6 Å². The number of nitrogens with zero attached hydrogens (tertiary/aromatic N) is 5. The number of aromatic nitrogens is 4. The number of aryl methyl sites for hydroxylation is 2. The first-order valence-corrected chi connectivity index (χ1v) is 10.8. The molecule has 0 spiro atoms. The molecule has 1 saturated heterocycles. The molecule has 0 bridgehead atoms. The number of rotatable bonds is 4. The molecule has 7 heteroatoms. The zero-order valence-corrected chi connectivity index (χ0v) is 18.0. The van der Waals surface area contributed by atoms with Crippen LogP contribution in [0.3, 0.4) is 0 Å². The summed E-state index contributed by atoms with van der Waals surface area (Å²) in [6.07, 6.45) is 7.49. The highest BCUT2D eigenvalue weighted by Gasteiger charge is 2.21. The van der Waals surface area contributed by atoms with E-state index in [2.05, 4.69) is 34.0 Å². The second-order valence-corrected chi connectivity index (χ2v) is 8.52. The van der Waals surface area contributed by atoms with Crippen LogP contribution >= 0.6 is 0 Å². The molecule has 1 aliphatic rings. The number of likely N-dealkylation sites (tertiary alicyclic amines) is 1. The molecule has 1 fully saturated rings. The Labute approximate surface area is 180 Å². The van der Waals surface area contributed by atoms with Gasteiger partial charge in [0.25, 0.3) is 5.56 Å². The van der Waals surface area contributed by atoms with Gasteiger partial charge in [0, 0.05) is 62.3 Å². The van der Waals surface area contributed by atoms with Crippen molar-refractivity contribution in [3.05, 3.63) is 58.8 Å². The zero-order chi connectivity index (χ0) is 21.5. The molecular formula is C24H27N5O2. The summed E-state index contributed by atoms with van der Waals surface area (Å²) in [5.41, 5.74) is 4.02. The van der Waals surface area contributed by atoms with Crippen molar-refractivity contribution in [2.24, 2.45) is 7.05 Å². The van der Waals surface area contributed by atoms with Crippen molar-refractivity contribution < 1.29 is 5.11 Å². The van der Waals surface area contributed by atoms with Gasteiger partial charge in [0.15, 0.2) is 0 Å². The Morgan fingerprint density at radius 3 is 2.74 bits per heavy atom. The standard InChI is InChI=1S/C24H27N5O2/c1-16-11-18(12-19-15-27(2)26-23(16)19)22-13-17-3-8-29(24(31)21(17)14-25-22)20-4-6-28(7-5-20)9-10-30/h3,8,11-15,20,30H,4-7,9-10H2,1-2H3. The average Bonchev–Trinajstić information content (AvgIpc) is 3.16. The molecule has 0 radical (unpaired) electrons. The van der Waals surface area contributed by atoms with E-state index in [0.29, 0.717) is 11.9 Å². The van der Waals surface area contributed by atoms with Crippen molar-refractivity contribution in [3.63, 3.8) is 0 Å². The Kier molecular flexibility index (Phi) is 5.08. The molecule has 5 rings (SSSR count). The van der Waals surface area contributed by atoms with Gasteiger partial charge in [-0.3, -0.25) is 14.5 Å². The van der Waals surface area contributed by atoms with Gasteiger partial charge in [-0.2, -0.15) is 5.10 Å². The molecular weight excluding hydrogens is 390 g/mol. The summed E-state index contributed by atoms with van der Waals surface area (Å²) >= 11 is 0. The molecule has 4 heterocycles. The Bertz CT molecular complexity index is 1320. The number of fused-ring (bicyclic) bond motifs is 2. The number of hydrogen-bond acceptors (Lipinski definition) is 5. The molecule has 0 amide bonds. The van der Waals surface area contributed by atoms with Crippen molar-refractivity contribution in [2.45, 2.75) is 25.8 Å². The van der Waals surface area contributed by atoms with Crippen LogP contribution in [0.25, 0.3) is 32.9 Å². The van der Waals surface area contributed by atoms with E-state index in [1.54, 1.807) is 6.20 Å². The van der Waals surface area contributed by atoms with Crippen molar-refractivity contribution in [2.75, 3.05) is 26.2 Å². The van der Waals surface area contributed by atoms with Crippen molar-refractivity contribution in [1.29, 1.82) is 0 Å². The molecule has 31 heavy (non-hydrogen) atoms. The second-order valence-electron chi connectivity index (χ2n) is 8.52. The third kappa shape index (κ3) is 3.64. The summed E-state index contributed by atoms with van der Waals surface area (Å²) < 4.78 is 3.69. The third-order valence-corrected chi connectivity index (χ3v) is 6.39. The fourth-order valence-electron chi connectivity index (χ4n) is 4.74. The lowest BCUT2D eigenvalue weighted by atomic mass is 10.0. The van der Waals surface area contributed by atoms with E-state index >= 15 is 0 Å². The van der Waals surface area contributed by atoms with Crippen LogP contribution in [0.5, 0.6) is 0 Å². The van der Waals surface area contributed by atoms with Crippen LogP contribution in [0.4, 0.5) is 0 Å². The smallest absolute Gasteiger partial charge is 0.260 e. The summed E-state index contributed by atoms with van der Waals surface area (Å²) in [4.78, 5) is 20.1. The normalized spacial score (nSPS) is 15.8. The van der Waals surface area contributed by atoms with Gasteiger partial charge in [0.2, 0.25) is 0 Å². The Morgan fingerprint density at radius 1 is 1.16 bits per heavy atom. The van der Waals surface area contributed by atoms with Gasteiger partial charge in [-0.1, -0.05) is 0 Å². The number of β-amino-alcohol motifs (C(OH)–C–C–N with tert-alkyl or cyclic N) is 1. The molecule has 3 aromatic heterocycles. The van der Waals surface area contributed by atoms with Gasteiger partial charge in [0.05, 0.1) is 23.2 Å². The number of piperidine rings is 1. The van der Waals surface area contributed by atoms with Crippen molar-refractivity contribution in [3.8, 4) is 11.3 Å². The van der Waals surface area contributed by atoms with Gasteiger partial charge in [0.1, 0.15) is 0 Å². The van der Waals surface area contributed by atoms with Crippen LogP contribution in [0.1, 0.15) is 24.4 Å². The quantitative estimate of drug-likeness (QED) is 0.553. The minimum absolute atomic E-state index is 0.0241. The number of hydrogen-bond donors (Lipinski definition) is 1. The van der Waals surface area contributed by atoms with Gasteiger partial charge in [-0.25, -0.2) is 0 Å². The molecule has 0 saturated carbocycles. The minimum atomic E-state index is 0.0241. The fraction of sp³-hybridized carbons (Fsp3) is 0.375. The lowest BCUT2D eigenvalue weighted by molar-refractivity contribution is 0.148. The Hall–Kier alpha value is -3.03. The summed E-state index contributed by atoms with van der Waals surface area (Å²) in [5.74, 6) is 0. The van der Waals surface area contributed by atoms with Crippen LogP contribution in [-0.2, 0) is 7.05 Å². The third-order valence-electron chi connectivity index (χ3n) is 6.39. The van der Waals surface area contributed by atoms with Gasteiger partial charge in [-0.05, 0) is 55.0 Å². The highest BCUT2D eigenvalue weighted by atomic mass is 16.3. The lowest BCUT2D eigenvalue weighted by Crippen LogP contribution is -2.38. The predicted molar refractivity (Wildman–Crippen MR) is 122 cm³/mol. The maximum Gasteiger partial charge on any atom is 0.260 e. The largest absolute Gasteiger partial charge is 0.395 e. The Morgan fingerprint density at radius 2 is 1.97 bits per heavy atom. The van der Waals surface area contributed by atoms with Gasteiger partial charge >= 0.3 is 0 Å². The topological polar surface area (TPSA) is 76.2 Å². The van der Waals surface area contributed by atoms with E-state index in [1.807, 2.05) is 40.8 Å². The Balaban J connectivity index is 1.48. The van der Waals surface area contributed by atoms with Crippen LogP contribution in [0, 0.1) is 6.92 Å². The SMILES string of the molecule is Cc1cc(-c2cc3ccn(C4CCN(CCO)CC4)c(=O)c3cn2)cc2cn(C)nc12. The first-order valence-electron chi connectivity index (χ1n) is 10.8. The molecule has 0 aliphatic carbocycles. The van der Waals surface area contributed by atoms with Crippen molar-refractivity contribution in [1.82, 2.24) is 24.2 Å². The molecule has 1 aliphatic heterocycles. The second kappa shape index (κ2) is 7.90. The molecule has 0 atom stereocenters. The number of pyridine rings is 2. The predicted octanol–water partition coefficient (Wildman–Crippen LogP) is 2.89. The van der Waals surface area contributed by atoms with E-state index in [4.69, 9.17) is 5.11 Å². The first kappa shape index (κ1) is 19.9. The van der Waals surface area contributed by atoms with E-state index in [1.165, 1.54) is 0 Å². The maximum atomic E-state index is 13.2. The summed E-state index contributed by atoms with van der Waals surface area (Å²) in [6.45, 7) is 4.76. The molecule has 1 N–H and O–H groups in total. The first-order chi connectivity index (χ1) is 15.0. The molecule has 7 nitrogen and oxygen atoms in total. The zero-order valence-electron chi connectivity index (χ0n) is 18.0. The fourth-order valence-corrected chi connectivity index (χ4v) is 4.74. The van der Waals surface area contributed by atoms with Crippen molar-refractivity contribution >= 4 is 21.7 Å². The van der Waals surface area contributed by atoms with Crippen LogP contribution in [0.2, 0.25) is 0 Å². The van der Waals surface area contributed by atoms with Crippen LogP contribution < -0.4 is 5.56 Å². The van der Waals surface area contributed by atoms with E-state index < -0.39 is 0 Å². The summed E-state index contributed by atoms with van der Waals surface area (Å²) in [6, 6.07) is 8.43. The van der Waals surface area contributed by atoms with Gasteiger partial charge < -0.3 is 14.6 Å². The molecule has 1 aromatic carbocycles. The maximum absolute atomic E-state index is 13.2. The minimum Gasteiger partial charge on any atom is -0.395 e. The van der Waals surface area contributed by atoms with E-state index in [9.17, 15) is 4.79 Å². The van der Waals surface area contributed by atoms with Crippen LogP contribution in [0.15, 0.2) is 47.7 Å². The highest BCUT2D eigenvalue weighted by Crippen LogP contribution is 2.28. The van der Waals surface area contributed by atoms with E-state index in [0.717, 1.165) is 59.0 Å². The highest BCUT2D eigenvalue weighted by molar-refractivity contribution is 5.89. The molecule has 0 unspecified atom stereocenters. The number of benzene rings is 1. The lowest BCUT2D eigenvalue weighted by Gasteiger charge is -2.32. The average molecular weight is 418 g/mol. The number of aliphatic hydroxyl groups excluding tert-OH is 1. The summed E-state index contributed by atoms with van der Waals surface area (Å²) in [5, 5.41) is 16.3. The number of aliphatic hydroxyl groups is 1. The monoisotopic (exact) mass is 417 g/mol.